The van der Waals surface area contributed by atoms with Gasteiger partial charge in [0.25, 0.3) is 0 Å². The van der Waals surface area contributed by atoms with Gasteiger partial charge in [0, 0.05) is 29.4 Å². The van der Waals surface area contributed by atoms with E-state index in [1.807, 2.05) is 13.0 Å². The van der Waals surface area contributed by atoms with Crippen LogP contribution in [0.2, 0.25) is 5.02 Å². The molecule has 0 heterocycles. The molecule has 0 saturated heterocycles. The van der Waals surface area contributed by atoms with Gasteiger partial charge in [-0.3, -0.25) is 0 Å². The van der Waals surface area contributed by atoms with Gasteiger partial charge in [0.05, 0.1) is 19.1 Å². The fourth-order valence-corrected chi connectivity index (χ4v) is 1.95. The molecule has 0 aliphatic carbocycles. The van der Waals surface area contributed by atoms with Crippen LogP contribution in [-0.4, -0.2) is 19.2 Å². The Morgan fingerprint density at radius 2 is 2.30 bits per heavy atom. The third kappa shape index (κ3) is 4.72. The highest BCUT2D eigenvalue weighted by molar-refractivity contribution is 6.31. The highest BCUT2D eigenvalue weighted by Crippen LogP contribution is 2.25. The first-order valence-electron chi connectivity index (χ1n) is 6.33. The Balaban J connectivity index is 2.75. The minimum Gasteiger partial charge on any atom is -0.380 e. The normalized spacial score (nSPS) is 11.5. The number of hydrogen-bond acceptors (Lipinski definition) is 3. The highest BCUT2D eigenvalue weighted by Gasteiger charge is 2.13. The molecule has 1 aromatic carbocycles. The minimum atomic E-state index is -0.355. The van der Waals surface area contributed by atoms with E-state index in [2.05, 4.69) is 10.6 Å². The van der Waals surface area contributed by atoms with Gasteiger partial charge in [0.15, 0.2) is 0 Å². The first-order chi connectivity index (χ1) is 9.62. The number of anilines is 1. The molecule has 1 rings (SSSR count). The van der Waals surface area contributed by atoms with Crippen molar-refractivity contribution >= 4 is 23.3 Å². The lowest BCUT2D eigenvalue weighted by atomic mass is 10.1. The molecule has 6 heteroatoms. The average molecular weight is 296 g/mol. The lowest BCUT2D eigenvalue weighted by molar-refractivity contribution is 0.185. The van der Waals surface area contributed by atoms with Crippen molar-refractivity contribution in [3.63, 3.8) is 0 Å². The number of carbonyl (C=O) groups is 1. The SMILES string of the molecule is CC[C@@H](CC#N)NC(=O)Nc1cccc(Cl)c1COC. The van der Waals surface area contributed by atoms with Crippen LogP contribution in [0.3, 0.4) is 0 Å². The summed E-state index contributed by atoms with van der Waals surface area (Å²) in [6, 6.07) is 6.78. The number of benzene rings is 1. The number of nitrogens with zero attached hydrogens (tertiary/aromatic N) is 1. The van der Waals surface area contributed by atoms with E-state index in [0.717, 1.165) is 5.56 Å². The largest absolute Gasteiger partial charge is 0.380 e. The lowest BCUT2D eigenvalue weighted by Gasteiger charge is -2.16. The number of ether oxygens (including phenoxy) is 1. The van der Waals surface area contributed by atoms with Crippen molar-refractivity contribution in [2.75, 3.05) is 12.4 Å². The first kappa shape index (κ1) is 16.3. The molecule has 0 saturated carbocycles. The van der Waals surface area contributed by atoms with Gasteiger partial charge in [-0.15, -0.1) is 0 Å². The van der Waals surface area contributed by atoms with Crippen molar-refractivity contribution in [1.29, 1.82) is 5.26 Å². The van der Waals surface area contributed by atoms with Crippen molar-refractivity contribution in [1.82, 2.24) is 5.32 Å². The van der Waals surface area contributed by atoms with Crippen LogP contribution >= 0.6 is 11.6 Å². The second-order valence-corrected chi connectivity index (χ2v) is 4.67. The molecular weight excluding hydrogens is 278 g/mol. The molecule has 1 atom stereocenters. The lowest BCUT2D eigenvalue weighted by Crippen LogP contribution is -2.37. The number of hydrogen-bond donors (Lipinski definition) is 2. The average Bonchev–Trinajstić information content (AvgIpc) is 2.42. The minimum absolute atomic E-state index is 0.162. The van der Waals surface area contributed by atoms with E-state index in [0.29, 0.717) is 23.7 Å². The molecule has 0 fully saturated rings. The van der Waals surface area contributed by atoms with Crippen molar-refractivity contribution < 1.29 is 9.53 Å². The molecule has 20 heavy (non-hydrogen) atoms. The molecule has 0 bridgehead atoms. The van der Waals surface area contributed by atoms with Crippen molar-refractivity contribution in [2.24, 2.45) is 0 Å². The molecule has 0 spiro atoms. The molecule has 0 unspecified atom stereocenters. The Kier molecular flexibility index (Phi) is 6.85. The van der Waals surface area contributed by atoms with Crippen LogP contribution in [0, 0.1) is 11.3 Å². The molecule has 2 amide bonds. The first-order valence-corrected chi connectivity index (χ1v) is 6.71. The quantitative estimate of drug-likeness (QED) is 0.845. The predicted molar refractivity (Wildman–Crippen MR) is 78.6 cm³/mol. The van der Waals surface area contributed by atoms with Gasteiger partial charge in [-0.05, 0) is 18.6 Å². The highest BCUT2D eigenvalue weighted by atomic mass is 35.5. The molecule has 1 aromatic rings. The standard InChI is InChI=1S/C14H18ClN3O2/c1-3-10(7-8-16)17-14(19)18-13-6-4-5-12(15)11(13)9-20-2/h4-6,10H,3,7,9H2,1-2H3,(H2,17,18,19)/t10-/m0/s1. The van der Waals surface area contributed by atoms with Gasteiger partial charge in [0.1, 0.15) is 0 Å². The Morgan fingerprint density at radius 3 is 2.90 bits per heavy atom. The number of halogens is 1. The van der Waals surface area contributed by atoms with Crippen molar-refractivity contribution in [3.05, 3.63) is 28.8 Å². The second kappa shape index (κ2) is 8.41. The number of rotatable bonds is 6. The van der Waals surface area contributed by atoms with E-state index in [-0.39, 0.29) is 18.5 Å². The van der Waals surface area contributed by atoms with Gasteiger partial charge in [0.2, 0.25) is 0 Å². The fourth-order valence-electron chi connectivity index (χ4n) is 1.72. The Labute approximate surface area is 123 Å². The summed E-state index contributed by atoms with van der Waals surface area (Å²) < 4.78 is 5.07. The third-order valence-electron chi connectivity index (χ3n) is 2.82. The van der Waals surface area contributed by atoms with E-state index in [4.69, 9.17) is 21.6 Å². The summed E-state index contributed by atoms with van der Waals surface area (Å²) in [6.45, 7) is 2.22. The molecule has 0 aliphatic rings. The second-order valence-electron chi connectivity index (χ2n) is 4.26. The van der Waals surface area contributed by atoms with E-state index in [1.165, 1.54) is 0 Å². The van der Waals surface area contributed by atoms with Crippen LogP contribution in [0.15, 0.2) is 18.2 Å². The van der Waals surface area contributed by atoms with E-state index in [1.54, 1.807) is 25.3 Å². The summed E-state index contributed by atoms with van der Waals surface area (Å²) in [4.78, 5) is 11.9. The fraction of sp³-hybridized carbons (Fsp3) is 0.429. The Morgan fingerprint density at radius 1 is 1.55 bits per heavy atom. The molecule has 0 radical (unpaired) electrons. The van der Waals surface area contributed by atoms with Crippen LogP contribution in [-0.2, 0) is 11.3 Å². The van der Waals surface area contributed by atoms with Crippen molar-refractivity contribution in [2.45, 2.75) is 32.4 Å². The maximum Gasteiger partial charge on any atom is 0.319 e. The van der Waals surface area contributed by atoms with Gasteiger partial charge >= 0.3 is 6.03 Å². The van der Waals surface area contributed by atoms with Gasteiger partial charge in [-0.2, -0.15) is 5.26 Å². The van der Waals surface area contributed by atoms with E-state index >= 15 is 0 Å². The van der Waals surface area contributed by atoms with Gasteiger partial charge < -0.3 is 15.4 Å². The molecule has 2 N–H and O–H groups in total. The molecular formula is C14H18ClN3O2. The summed E-state index contributed by atoms with van der Waals surface area (Å²) in [6.07, 6.45) is 0.978. The summed E-state index contributed by atoms with van der Waals surface area (Å²) >= 11 is 6.08. The topological polar surface area (TPSA) is 74.2 Å². The third-order valence-corrected chi connectivity index (χ3v) is 3.18. The van der Waals surface area contributed by atoms with Crippen molar-refractivity contribution in [3.8, 4) is 6.07 Å². The molecule has 0 aromatic heterocycles. The van der Waals surface area contributed by atoms with Gasteiger partial charge in [-0.1, -0.05) is 24.6 Å². The zero-order chi connectivity index (χ0) is 15.0. The molecule has 0 aliphatic heterocycles. The number of urea groups is 1. The maximum absolute atomic E-state index is 11.9. The predicted octanol–water partition coefficient (Wildman–Crippen LogP) is 3.30. The zero-order valence-corrected chi connectivity index (χ0v) is 12.3. The number of carbonyl (C=O) groups excluding carboxylic acids is 1. The molecule has 108 valence electrons. The van der Waals surface area contributed by atoms with Crippen LogP contribution in [0.4, 0.5) is 10.5 Å². The van der Waals surface area contributed by atoms with Crippen LogP contribution in [0.25, 0.3) is 0 Å². The summed E-state index contributed by atoms with van der Waals surface area (Å²) in [5.74, 6) is 0. The zero-order valence-electron chi connectivity index (χ0n) is 11.6. The Bertz CT molecular complexity index is 500. The number of methoxy groups -OCH3 is 1. The maximum atomic E-state index is 11.9. The van der Waals surface area contributed by atoms with E-state index < -0.39 is 0 Å². The van der Waals surface area contributed by atoms with Crippen LogP contribution in [0.1, 0.15) is 25.3 Å². The van der Waals surface area contributed by atoms with Crippen LogP contribution in [0.5, 0.6) is 0 Å². The van der Waals surface area contributed by atoms with Gasteiger partial charge in [-0.25, -0.2) is 4.79 Å². The number of amides is 2. The smallest absolute Gasteiger partial charge is 0.319 e. The Hall–Kier alpha value is -1.77. The summed E-state index contributed by atoms with van der Waals surface area (Å²) in [7, 11) is 1.56. The number of nitrogens with one attached hydrogen (secondary N) is 2. The number of nitriles is 1. The monoisotopic (exact) mass is 295 g/mol. The summed E-state index contributed by atoms with van der Waals surface area (Å²) in [5, 5.41) is 14.7. The summed E-state index contributed by atoms with van der Waals surface area (Å²) in [5.41, 5.74) is 1.32. The molecule has 5 nitrogen and oxygen atoms in total. The van der Waals surface area contributed by atoms with E-state index in [9.17, 15) is 4.79 Å². The van der Waals surface area contributed by atoms with Crippen LogP contribution < -0.4 is 10.6 Å².